The highest BCUT2D eigenvalue weighted by Crippen LogP contribution is 2.35. The van der Waals surface area contributed by atoms with Crippen molar-refractivity contribution in [3.05, 3.63) is 29.8 Å². The SMILES string of the molecule is CCCC(=O)CCC1C(=O)c2ccccc2OC1C(C)C. The van der Waals surface area contributed by atoms with Crippen LogP contribution >= 0.6 is 0 Å². The van der Waals surface area contributed by atoms with Crippen LogP contribution in [0.25, 0.3) is 0 Å². The molecule has 0 saturated carbocycles. The average Bonchev–Trinajstić information content (AvgIpc) is 2.46. The summed E-state index contributed by atoms with van der Waals surface area (Å²) in [6.07, 6.45) is 2.39. The van der Waals surface area contributed by atoms with Crippen LogP contribution in [-0.4, -0.2) is 17.7 Å². The Labute approximate surface area is 126 Å². The van der Waals surface area contributed by atoms with Crippen molar-refractivity contribution in [3.8, 4) is 5.75 Å². The molecular weight excluding hydrogens is 264 g/mol. The van der Waals surface area contributed by atoms with Gasteiger partial charge in [-0.25, -0.2) is 0 Å². The van der Waals surface area contributed by atoms with E-state index in [1.54, 1.807) is 0 Å². The minimum atomic E-state index is -0.208. The van der Waals surface area contributed by atoms with Gasteiger partial charge in [-0.1, -0.05) is 32.9 Å². The summed E-state index contributed by atoms with van der Waals surface area (Å²) in [5.74, 6) is 1.08. The highest BCUT2D eigenvalue weighted by atomic mass is 16.5. The Kier molecular flexibility index (Phi) is 5.16. The third kappa shape index (κ3) is 3.52. The Morgan fingerprint density at radius 2 is 1.95 bits per heavy atom. The topological polar surface area (TPSA) is 43.4 Å². The summed E-state index contributed by atoms with van der Waals surface area (Å²) in [6.45, 7) is 6.12. The molecule has 1 aromatic carbocycles. The molecule has 0 bridgehead atoms. The minimum Gasteiger partial charge on any atom is -0.489 e. The van der Waals surface area contributed by atoms with Gasteiger partial charge in [0.05, 0.1) is 11.5 Å². The van der Waals surface area contributed by atoms with E-state index in [0.717, 1.165) is 6.42 Å². The van der Waals surface area contributed by atoms with Crippen molar-refractivity contribution in [1.29, 1.82) is 0 Å². The molecule has 2 unspecified atom stereocenters. The lowest BCUT2D eigenvalue weighted by atomic mass is 9.81. The zero-order valence-electron chi connectivity index (χ0n) is 13.1. The maximum atomic E-state index is 12.7. The first-order chi connectivity index (χ1) is 10.0. The van der Waals surface area contributed by atoms with Crippen molar-refractivity contribution in [2.75, 3.05) is 0 Å². The molecule has 0 spiro atoms. The number of rotatable bonds is 6. The average molecular weight is 288 g/mol. The summed E-state index contributed by atoms with van der Waals surface area (Å²) in [4.78, 5) is 24.5. The number of fused-ring (bicyclic) bond motifs is 1. The second kappa shape index (κ2) is 6.88. The van der Waals surface area contributed by atoms with Gasteiger partial charge in [0.25, 0.3) is 0 Å². The largest absolute Gasteiger partial charge is 0.489 e. The Balaban J connectivity index is 2.17. The summed E-state index contributed by atoms with van der Waals surface area (Å²) in [6, 6.07) is 7.40. The van der Waals surface area contributed by atoms with E-state index in [1.165, 1.54) is 0 Å². The van der Waals surface area contributed by atoms with E-state index >= 15 is 0 Å². The molecule has 3 heteroatoms. The second-order valence-electron chi connectivity index (χ2n) is 6.12. The first-order valence-electron chi connectivity index (χ1n) is 7.86. The van der Waals surface area contributed by atoms with Crippen LogP contribution in [0, 0.1) is 11.8 Å². The molecule has 3 nitrogen and oxygen atoms in total. The van der Waals surface area contributed by atoms with Crippen molar-refractivity contribution < 1.29 is 14.3 Å². The van der Waals surface area contributed by atoms with Crippen molar-refractivity contribution in [1.82, 2.24) is 0 Å². The van der Waals surface area contributed by atoms with Gasteiger partial charge in [-0.2, -0.15) is 0 Å². The molecule has 0 saturated heterocycles. The monoisotopic (exact) mass is 288 g/mol. The van der Waals surface area contributed by atoms with Gasteiger partial charge < -0.3 is 4.74 Å². The van der Waals surface area contributed by atoms with Crippen LogP contribution in [0.15, 0.2) is 24.3 Å². The number of Topliss-reactive ketones (excluding diaryl/α,β-unsaturated/α-hetero) is 2. The van der Waals surface area contributed by atoms with Crippen molar-refractivity contribution in [3.63, 3.8) is 0 Å². The van der Waals surface area contributed by atoms with E-state index in [2.05, 4.69) is 13.8 Å². The number of ketones is 2. The van der Waals surface area contributed by atoms with Crippen LogP contribution < -0.4 is 4.74 Å². The van der Waals surface area contributed by atoms with Gasteiger partial charge in [-0.05, 0) is 30.9 Å². The molecule has 0 radical (unpaired) electrons. The number of carbonyl (C=O) groups is 2. The number of hydrogen-bond donors (Lipinski definition) is 0. The van der Waals surface area contributed by atoms with E-state index in [4.69, 9.17) is 4.74 Å². The lowest BCUT2D eigenvalue weighted by molar-refractivity contribution is -0.119. The van der Waals surface area contributed by atoms with Gasteiger partial charge in [-0.3, -0.25) is 9.59 Å². The highest BCUT2D eigenvalue weighted by Gasteiger charge is 2.38. The van der Waals surface area contributed by atoms with Gasteiger partial charge in [-0.15, -0.1) is 0 Å². The van der Waals surface area contributed by atoms with Gasteiger partial charge in [0.15, 0.2) is 5.78 Å². The predicted molar refractivity (Wildman–Crippen MR) is 82.7 cm³/mol. The molecule has 21 heavy (non-hydrogen) atoms. The maximum Gasteiger partial charge on any atom is 0.173 e. The lowest BCUT2D eigenvalue weighted by Gasteiger charge is -2.35. The number of hydrogen-bond acceptors (Lipinski definition) is 3. The molecule has 2 rings (SSSR count). The zero-order chi connectivity index (χ0) is 15.4. The van der Waals surface area contributed by atoms with Gasteiger partial charge in [0.1, 0.15) is 17.6 Å². The van der Waals surface area contributed by atoms with Gasteiger partial charge in [0, 0.05) is 12.8 Å². The third-order valence-electron chi connectivity index (χ3n) is 4.07. The molecule has 114 valence electrons. The molecule has 0 N–H and O–H groups in total. The first kappa shape index (κ1) is 15.7. The Morgan fingerprint density at radius 3 is 2.62 bits per heavy atom. The van der Waals surface area contributed by atoms with E-state index in [-0.39, 0.29) is 29.5 Å². The number of benzene rings is 1. The molecule has 2 atom stereocenters. The van der Waals surface area contributed by atoms with Crippen LogP contribution in [0.1, 0.15) is 56.8 Å². The summed E-state index contributed by atoms with van der Waals surface area (Å²) >= 11 is 0. The van der Waals surface area contributed by atoms with Gasteiger partial charge >= 0.3 is 0 Å². The number of para-hydroxylation sites is 1. The van der Waals surface area contributed by atoms with Crippen LogP contribution in [0.5, 0.6) is 5.75 Å². The van der Waals surface area contributed by atoms with Crippen LogP contribution in [0.2, 0.25) is 0 Å². The van der Waals surface area contributed by atoms with Crippen molar-refractivity contribution in [2.24, 2.45) is 11.8 Å². The summed E-state index contributed by atoms with van der Waals surface area (Å²) in [7, 11) is 0. The van der Waals surface area contributed by atoms with Crippen LogP contribution in [0.4, 0.5) is 0 Å². The molecule has 0 fully saturated rings. The number of ether oxygens (including phenoxy) is 1. The smallest absolute Gasteiger partial charge is 0.173 e. The molecule has 1 aromatic rings. The Morgan fingerprint density at radius 1 is 1.24 bits per heavy atom. The summed E-state index contributed by atoms with van der Waals surface area (Å²) in [5.41, 5.74) is 0.655. The zero-order valence-corrected chi connectivity index (χ0v) is 13.1. The Bertz CT molecular complexity index is 519. The minimum absolute atomic E-state index is 0.125. The normalized spacial score (nSPS) is 21.0. The van der Waals surface area contributed by atoms with Crippen LogP contribution in [0.3, 0.4) is 0 Å². The quantitative estimate of drug-likeness (QED) is 0.793. The van der Waals surface area contributed by atoms with Crippen LogP contribution in [-0.2, 0) is 4.79 Å². The fourth-order valence-corrected chi connectivity index (χ4v) is 2.97. The van der Waals surface area contributed by atoms with E-state index < -0.39 is 0 Å². The fraction of sp³-hybridized carbons (Fsp3) is 0.556. The van der Waals surface area contributed by atoms with E-state index in [1.807, 2.05) is 31.2 Å². The predicted octanol–water partition coefficient (Wildman–Crippen LogP) is 4.05. The highest BCUT2D eigenvalue weighted by molar-refractivity contribution is 6.01. The standard InChI is InChI=1S/C18H24O3/c1-4-7-13(19)10-11-15-17(20)14-8-5-6-9-16(14)21-18(15)12(2)3/h5-6,8-9,12,15,18H,4,7,10-11H2,1-3H3. The molecule has 0 aromatic heterocycles. The molecule has 1 aliphatic rings. The lowest BCUT2D eigenvalue weighted by Crippen LogP contribution is -2.41. The Hall–Kier alpha value is -1.64. The van der Waals surface area contributed by atoms with E-state index in [0.29, 0.717) is 30.6 Å². The molecule has 1 heterocycles. The first-order valence-corrected chi connectivity index (χ1v) is 7.86. The van der Waals surface area contributed by atoms with E-state index in [9.17, 15) is 9.59 Å². The molecule has 1 aliphatic heterocycles. The third-order valence-corrected chi connectivity index (χ3v) is 4.07. The summed E-state index contributed by atoms with van der Waals surface area (Å²) in [5, 5.41) is 0. The molecular formula is C18H24O3. The molecule has 0 aliphatic carbocycles. The maximum absolute atomic E-state index is 12.7. The second-order valence-corrected chi connectivity index (χ2v) is 6.12. The fourth-order valence-electron chi connectivity index (χ4n) is 2.97. The van der Waals surface area contributed by atoms with Crippen molar-refractivity contribution in [2.45, 2.75) is 52.6 Å². The van der Waals surface area contributed by atoms with Gasteiger partial charge in [0.2, 0.25) is 0 Å². The van der Waals surface area contributed by atoms with Crippen molar-refractivity contribution >= 4 is 11.6 Å². The number of carbonyl (C=O) groups excluding carboxylic acids is 2. The summed E-state index contributed by atoms with van der Waals surface area (Å²) < 4.78 is 6.04. The molecule has 0 amide bonds.